The summed E-state index contributed by atoms with van der Waals surface area (Å²) in [4.78, 5) is 27.3. The fourth-order valence-electron chi connectivity index (χ4n) is 3.25. The van der Waals surface area contributed by atoms with Gasteiger partial charge in [-0.15, -0.1) is 0 Å². The molecule has 0 bridgehead atoms. The van der Waals surface area contributed by atoms with Crippen molar-refractivity contribution in [3.63, 3.8) is 0 Å². The van der Waals surface area contributed by atoms with Gasteiger partial charge in [0.2, 0.25) is 5.95 Å². The van der Waals surface area contributed by atoms with Gasteiger partial charge in [0.05, 0.1) is 19.3 Å². The molecule has 2 fully saturated rings. The first-order chi connectivity index (χ1) is 12.2. The molecule has 0 spiro atoms. The number of nitrogens with zero attached hydrogens (tertiary/aromatic N) is 5. The van der Waals surface area contributed by atoms with Crippen molar-refractivity contribution < 1.29 is 9.53 Å². The van der Waals surface area contributed by atoms with Crippen LogP contribution in [0.2, 0.25) is 0 Å². The van der Waals surface area contributed by atoms with Gasteiger partial charge in [-0.25, -0.2) is 14.8 Å². The van der Waals surface area contributed by atoms with Gasteiger partial charge in [-0.1, -0.05) is 0 Å². The molecule has 25 heavy (non-hydrogen) atoms. The molecular formula is C17H28N6O2. The molecule has 1 atom stereocenters. The van der Waals surface area contributed by atoms with E-state index in [-0.39, 0.29) is 12.1 Å². The van der Waals surface area contributed by atoms with E-state index in [4.69, 9.17) is 4.74 Å². The number of ether oxygens (including phenoxy) is 1. The van der Waals surface area contributed by atoms with Crippen LogP contribution < -0.4 is 10.2 Å². The van der Waals surface area contributed by atoms with Crippen LogP contribution in [-0.2, 0) is 4.74 Å². The van der Waals surface area contributed by atoms with Gasteiger partial charge in [0.25, 0.3) is 0 Å². The first-order valence-electron chi connectivity index (χ1n) is 9.10. The van der Waals surface area contributed by atoms with Crippen molar-refractivity contribution in [2.75, 3.05) is 63.9 Å². The number of anilines is 1. The number of aromatic nitrogens is 2. The van der Waals surface area contributed by atoms with Crippen LogP contribution in [0.25, 0.3) is 0 Å². The Bertz CT molecular complexity index is 535. The fraction of sp³-hybridized carbons (Fsp3) is 0.706. The van der Waals surface area contributed by atoms with Crippen molar-refractivity contribution >= 4 is 12.0 Å². The molecule has 2 saturated heterocycles. The predicted octanol–water partition coefficient (Wildman–Crippen LogP) is 0.419. The number of urea groups is 1. The number of piperazine rings is 1. The summed E-state index contributed by atoms with van der Waals surface area (Å²) in [5.41, 5.74) is 0. The second-order valence-electron chi connectivity index (χ2n) is 6.58. The predicted molar refractivity (Wildman–Crippen MR) is 95.7 cm³/mol. The SMILES string of the molecule is C[C@@H]1COCCN1C(=O)NCCCN1CCN(c2ncccn2)CC1. The molecule has 2 aliphatic heterocycles. The van der Waals surface area contributed by atoms with Gasteiger partial charge >= 0.3 is 6.03 Å². The van der Waals surface area contributed by atoms with Gasteiger partial charge in [0.15, 0.2) is 0 Å². The van der Waals surface area contributed by atoms with E-state index < -0.39 is 0 Å². The third-order valence-corrected chi connectivity index (χ3v) is 4.76. The van der Waals surface area contributed by atoms with E-state index in [0.717, 1.165) is 45.1 Å². The molecule has 3 rings (SSSR count). The molecule has 0 aliphatic carbocycles. The quantitative estimate of drug-likeness (QED) is 0.778. The highest BCUT2D eigenvalue weighted by atomic mass is 16.5. The normalized spacial score (nSPS) is 22.0. The lowest BCUT2D eigenvalue weighted by atomic mass is 10.2. The van der Waals surface area contributed by atoms with Gasteiger partial charge in [-0.2, -0.15) is 0 Å². The number of carbonyl (C=O) groups excluding carboxylic acids is 1. The number of nitrogens with one attached hydrogen (secondary N) is 1. The van der Waals surface area contributed by atoms with Crippen molar-refractivity contribution in [2.45, 2.75) is 19.4 Å². The van der Waals surface area contributed by atoms with Crippen molar-refractivity contribution in [2.24, 2.45) is 0 Å². The average Bonchev–Trinajstić information content (AvgIpc) is 2.66. The Hall–Kier alpha value is -1.93. The minimum absolute atomic E-state index is 0.0295. The highest BCUT2D eigenvalue weighted by Crippen LogP contribution is 2.10. The van der Waals surface area contributed by atoms with Gasteiger partial charge in [0, 0.05) is 51.7 Å². The first-order valence-corrected chi connectivity index (χ1v) is 9.10. The minimum Gasteiger partial charge on any atom is -0.377 e. The molecule has 8 nitrogen and oxygen atoms in total. The van der Waals surface area contributed by atoms with Crippen molar-refractivity contribution in [1.82, 2.24) is 25.1 Å². The largest absolute Gasteiger partial charge is 0.377 e. The molecule has 1 aromatic heterocycles. The number of hydrogen-bond acceptors (Lipinski definition) is 6. The zero-order chi connectivity index (χ0) is 17.5. The molecule has 2 aliphatic rings. The summed E-state index contributed by atoms with van der Waals surface area (Å²) < 4.78 is 5.37. The second kappa shape index (κ2) is 8.96. The highest BCUT2D eigenvalue weighted by molar-refractivity contribution is 5.74. The third-order valence-electron chi connectivity index (χ3n) is 4.76. The Morgan fingerprint density at radius 2 is 2.00 bits per heavy atom. The lowest BCUT2D eigenvalue weighted by Crippen LogP contribution is -2.51. The van der Waals surface area contributed by atoms with E-state index in [1.807, 2.05) is 17.9 Å². The second-order valence-corrected chi connectivity index (χ2v) is 6.58. The van der Waals surface area contributed by atoms with Crippen molar-refractivity contribution in [3.8, 4) is 0 Å². The number of hydrogen-bond donors (Lipinski definition) is 1. The minimum atomic E-state index is 0.0295. The van der Waals surface area contributed by atoms with E-state index in [1.165, 1.54) is 0 Å². The topological polar surface area (TPSA) is 73.8 Å². The van der Waals surface area contributed by atoms with Crippen LogP contribution in [0.5, 0.6) is 0 Å². The van der Waals surface area contributed by atoms with Gasteiger partial charge < -0.3 is 19.9 Å². The highest BCUT2D eigenvalue weighted by Gasteiger charge is 2.23. The van der Waals surface area contributed by atoms with E-state index in [1.54, 1.807) is 12.4 Å². The Balaban J connectivity index is 1.30. The molecule has 0 saturated carbocycles. The van der Waals surface area contributed by atoms with E-state index >= 15 is 0 Å². The van der Waals surface area contributed by atoms with E-state index in [0.29, 0.717) is 26.3 Å². The van der Waals surface area contributed by atoms with E-state index in [9.17, 15) is 4.79 Å². The lowest BCUT2D eigenvalue weighted by molar-refractivity contribution is 0.0190. The Kier molecular flexibility index (Phi) is 6.41. The van der Waals surface area contributed by atoms with Crippen LogP contribution in [0.4, 0.5) is 10.7 Å². The maximum atomic E-state index is 12.2. The smallest absolute Gasteiger partial charge is 0.317 e. The monoisotopic (exact) mass is 348 g/mol. The number of rotatable bonds is 5. The first kappa shape index (κ1) is 17.9. The Morgan fingerprint density at radius 3 is 2.72 bits per heavy atom. The summed E-state index contributed by atoms with van der Waals surface area (Å²) in [6, 6.07) is 2.02. The number of carbonyl (C=O) groups is 1. The summed E-state index contributed by atoms with van der Waals surface area (Å²) in [6.07, 6.45) is 4.53. The molecule has 2 amide bonds. The van der Waals surface area contributed by atoms with Crippen LogP contribution in [0.15, 0.2) is 18.5 Å². The molecule has 1 N–H and O–H groups in total. The van der Waals surface area contributed by atoms with Gasteiger partial charge in [-0.3, -0.25) is 4.90 Å². The van der Waals surface area contributed by atoms with Crippen LogP contribution in [0.1, 0.15) is 13.3 Å². The number of amides is 2. The van der Waals surface area contributed by atoms with Gasteiger partial charge in [-0.05, 0) is 26.0 Å². The molecule has 0 aromatic carbocycles. The maximum Gasteiger partial charge on any atom is 0.317 e. The molecule has 8 heteroatoms. The maximum absolute atomic E-state index is 12.2. The zero-order valence-electron chi connectivity index (χ0n) is 14.9. The van der Waals surface area contributed by atoms with Crippen molar-refractivity contribution in [1.29, 1.82) is 0 Å². The summed E-state index contributed by atoms with van der Waals surface area (Å²) in [6.45, 7) is 9.58. The van der Waals surface area contributed by atoms with E-state index in [2.05, 4.69) is 25.1 Å². The van der Waals surface area contributed by atoms with Gasteiger partial charge in [0.1, 0.15) is 0 Å². The molecule has 0 unspecified atom stereocenters. The average molecular weight is 348 g/mol. The molecule has 138 valence electrons. The lowest BCUT2D eigenvalue weighted by Gasteiger charge is -2.35. The van der Waals surface area contributed by atoms with Crippen molar-refractivity contribution in [3.05, 3.63) is 18.5 Å². The van der Waals surface area contributed by atoms with Crippen LogP contribution in [-0.4, -0.2) is 90.9 Å². The summed E-state index contributed by atoms with van der Waals surface area (Å²) >= 11 is 0. The molecule has 3 heterocycles. The van der Waals surface area contributed by atoms with Crippen LogP contribution in [0.3, 0.4) is 0 Å². The zero-order valence-corrected chi connectivity index (χ0v) is 14.9. The summed E-state index contributed by atoms with van der Waals surface area (Å²) in [7, 11) is 0. The Labute approximate surface area is 149 Å². The summed E-state index contributed by atoms with van der Waals surface area (Å²) in [5.74, 6) is 0.814. The van der Waals surface area contributed by atoms with Crippen LogP contribution in [0, 0.1) is 0 Å². The van der Waals surface area contributed by atoms with Crippen LogP contribution >= 0.6 is 0 Å². The standard InChI is InChI=1S/C17H28N6O2/c1-15-14-25-13-12-23(15)17(24)20-6-3-7-21-8-10-22(11-9-21)16-18-4-2-5-19-16/h2,4-5,15H,3,6-14H2,1H3,(H,20,24)/t15-/m1/s1. The molecule has 0 radical (unpaired) electrons. The fourth-order valence-corrected chi connectivity index (χ4v) is 3.25. The Morgan fingerprint density at radius 1 is 1.24 bits per heavy atom. The molecular weight excluding hydrogens is 320 g/mol. The third kappa shape index (κ3) is 5.02. The number of morpholine rings is 1. The molecule has 1 aromatic rings. The summed E-state index contributed by atoms with van der Waals surface area (Å²) in [5, 5.41) is 3.03.